The number of nitrogens with zero attached hydrogens (tertiary/aromatic N) is 2. The lowest BCUT2D eigenvalue weighted by Gasteiger charge is -2.30. The van der Waals surface area contributed by atoms with Gasteiger partial charge in [0.2, 0.25) is 5.91 Å². The number of carbonyl (C=O) groups is 1. The fourth-order valence-electron chi connectivity index (χ4n) is 5.84. The van der Waals surface area contributed by atoms with Crippen LogP contribution in [-0.2, 0) is 4.79 Å². The van der Waals surface area contributed by atoms with E-state index in [4.69, 9.17) is 27.9 Å². The molecule has 6 nitrogen and oxygen atoms in total. The summed E-state index contributed by atoms with van der Waals surface area (Å²) < 4.78 is 6.09. The second-order valence-corrected chi connectivity index (χ2v) is 11.5. The van der Waals surface area contributed by atoms with E-state index in [0.717, 1.165) is 57.4 Å². The Balaban J connectivity index is 1.25. The Morgan fingerprint density at radius 1 is 1.00 bits per heavy atom. The third kappa shape index (κ3) is 6.72. The summed E-state index contributed by atoms with van der Waals surface area (Å²) in [5, 5.41) is 15.8. The molecule has 2 saturated heterocycles. The number of likely N-dealkylation sites (tertiary alicyclic amines) is 1. The van der Waals surface area contributed by atoms with Crippen LogP contribution in [0.5, 0.6) is 5.75 Å². The molecule has 2 aromatic carbocycles. The second kappa shape index (κ2) is 12.2. The van der Waals surface area contributed by atoms with E-state index in [1.165, 1.54) is 12.8 Å². The van der Waals surface area contributed by atoms with Crippen molar-refractivity contribution in [3.05, 3.63) is 58.1 Å². The molecule has 1 amide bonds. The van der Waals surface area contributed by atoms with E-state index in [1.807, 2.05) is 36.4 Å². The van der Waals surface area contributed by atoms with Crippen molar-refractivity contribution in [1.29, 1.82) is 0 Å². The quantitative estimate of drug-likeness (QED) is 0.438. The highest BCUT2D eigenvalue weighted by molar-refractivity contribution is 6.32. The number of aliphatic hydroxyl groups is 1. The van der Waals surface area contributed by atoms with E-state index in [0.29, 0.717) is 34.4 Å². The first-order valence-corrected chi connectivity index (χ1v) is 14.4. The molecule has 37 heavy (non-hydrogen) atoms. The van der Waals surface area contributed by atoms with Crippen molar-refractivity contribution in [3.63, 3.8) is 0 Å². The summed E-state index contributed by atoms with van der Waals surface area (Å²) in [5.41, 5.74) is 1.77. The van der Waals surface area contributed by atoms with Crippen LogP contribution in [-0.4, -0.2) is 60.8 Å². The molecule has 0 bridgehead atoms. The number of rotatable bonds is 9. The van der Waals surface area contributed by atoms with Gasteiger partial charge in [-0.05, 0) is 100.0 Å². The summed E-state index contributed by atoms with van der Waals surface area (Å²) in [6.45, 7) is 4.05. The number of carbonyl (C=O) groups excluding carboxylic acids is 1. The topological polar surface area (TPSA) is 65.0 Å². The number of amides is 1. The smallest absolute Gasteiger partial charge is 0.225 e. The van der Waals surface area contributed by atoms with Crippen LogP contribution in [0.3, 0.4) is 0 Å². The van der Waals surface area contributed by atoms with Crippen LogP contribution in [0.15, 0.2) is 42.5 Å². The third-order valence-electron chi connectivity index (χ3n) is 8.01. The third-order valence-corrected chi connectivity index (χ3v) is 8.55. The van der Waals surface area contributed by atoms with Gasteiger partial charge in [-0.25, -0.2) is 0 Å². The van der Waals surface area contributed by atoms with Crippen LogP contribution in [0, 0.1) is 5.92 Å². The lowest BCUT2D eigenvalue weighted by atomic mass is 10.00. The van der Waals surface area contributed by atoms with Crippen LogP contribution in [0.1, 0.15) is 56.6 Å². The molecule has 2 N–H and O–H groups in total. The van der Waals surface area contributed by atoms with Crippen LogP contribution in [0.4, 0.5) is 5.69 Å². The molecule has 3 fully saturated rings. The van der Waals surface area contributed by atoms with E-state index in [-0.39, 0.29) is 17.9 Å². The molecule has 1 aliphatic carbocycles. The fourth-order valence-corrected chi connectivity index (χ4v) is 6.20. The average molecular weight is 547 g/mol. The summed E-state index contributed by atoms with van der Waals surface area (Å²) in [6, 6.07) is 12.8. The first-order chi connectivity index (χ1) is 18.0. The molecule has 2 unspecified atom stereocenters. The van der Waals surface area contributed by atoms with Crippen molar-refractivity contribution in [2.24, 2.45) is 5.92 Å². The van der Waals surface area contributed by atoms with Crippen molar-refractivity contribution < 1.29 is 14.6 Å². The molecule has 5 rings (SSSR count). The highest BCUT2D eigenvalue weighted by Gasteiger charge is 2.33. The lowest BCUT2D eigenvalue weighted by Crippen LogP contribution is -2.48. The Kier molecular flexibility index (Phi) is 8.81. The number of hydrogen-bond donors (Lipinski definition) is 2. The Hall–Kier alpha value is -1.99. The van der Waals surface area contributed by atoms with Crippen molar-refractivity contribution in [2.45, 2.75) is 63.2 Å². The summed E-state index contributed by atoms with van der Waals surface area (Å²) in [4.78, 5) is 17.9. The number of ether oxygens (including phenoxy) is 1. The predicted octanol–water partition coefficient (Wildman–Crippen LogP) is 5.46. The minimum Gasteiger partial charge on any atom is -0.489 e. The molecule has 3 aliphatic rings. The van der Waals surface area contributed by atoms with Gasteiger partial charge in [0.25, 0.3) is 0 Å². The van der Waals surface area contributed by atoms with Gasteiger partial charge in [0.15, 0.2) is 0 Å². The van der Waals surface area contributed by atoms with Crippen LogP contribution in [0.2, 0.25) is 10.0 Å². The van der Waals surface area contributed by atoms with Gasteiger partial charge in [0.1, 0.15) is 11.9 Å². The zero-order valence-electron chi connectivity index (χ0n) is 21.3. The Morgan fingerprint density at radius 2 is 1.73 bits per heavy atom. The number of aliphatic hydroxyl groups excluding tert-OH is 1. The van der Waals surface area contributed by atoms with Gasteiger partial charge in [-0.2, -0.15) is 0 Å². The average Bonchev–Trinajstić information content (AvgIpc) is 3.68. The summed E-state index contributed by atoms with van der Waals surface area (Å²) in [7, 11) is 0. The highest BCUT2D eigenvalue weighted by Crippen LogP contribution is 2.33. The van der Waals surface area contributed by atoms with Crippen LogP contribution in [0.25, 0.3) is 0 Å². The van der Waals surface area contributed by atoms with E-state index in [2.05, 4.69) is 15.1 Å². The van der Waals surface area contributed by atoms with E-state index in [1.54, 1.807) is 6.07 Å². The zero-order valence-corrected chi connectivity index (χ0v) is 22.8. The van der Waals surface area contributed by atoms with E-state index < -0.39 is 12.1 Å². The maximum Gasteiger partial charge on any atom is 0.225 e. The molecular formula is C29H37Cl2N3O3. The van der Waals surface area contributed by atoms with Crippen LogP contribution < -0.4 is 15.0 Å². The molecule has 0 spiro atoms. The van der Waals surface area contributed by atoms with Gasteiger partial charge in [-0.3, -0.25) is 4.79 Å². The Labute approximate surface area is 229 Å². The van der Waals surface area contributed by atoms with E-state index >= 15 is 0 Å². The van der Waals surface area contributed by atoms with Gasteiger partial charge in [0, 0.05) is 30.3 Å². The predicted molar refractivity (Wildman–Crippen MR) is 149 cm³/mol. The molecule has 1 saturated carbocycles. The van der Waals surface area contributed by atoms with Gasteiger partial charge >= 0.3 is 0 Å². The van der Waals surface area contributed by atoms with Gasteiger partial charge < -0.3 is 25.0 Å². The summed E-state index contributed by atoms with van der Waals surface area (Å²) in [6.07, 6.45) is 6.92. The summed E-state index contributed by atoms with van der Waals surface area (Å²) >= 11 is 12.6. The molecule has 2 aromatic rings. The van der Waals surface area contributed by atoms with Gasteiger partial charge in [0.05, 0.1) is 23.1 Å². The minimum absolute atomic E-state index is 0.00741. The Bertz CT molecular complexity index is 1050. The maximum absolute atomic E-state index is 13.4. The normalized spacial score (nSPS) is 22.4. The summed E-state index contributed by atoms with van der Waals surface area (Å²) in [5.74, 6) is 0.527. The van der Waals surface area contributed by atoms with Crippen molar-refractivity contribution in [1.82, 2.24) is 10.2 Å². The van der Waals surface area contributed by atoms with Crippen molar-refractivity contribution in [3.8, 4) is 5.75 Å². The standard InChI is InChI=1S/C29H37Cl2N3O3/c30-22-8-10-23(11-9-22)34-16-13-21(18-34)29(36)32-26(19-33-14-3-4-15-33)28(35)20-7-12-27(25(31)17-20)37-24-5-1-2-6-24/h7-12,17,21,24,26,28,35H,1-6,13-16,18-19H2,(H,32,36)/t21?,26-,28?/m1/s1. The molecule has 2 heterocycles. The molecule has 8 heteroatoms. The number of anilines is 1. The molecule has 0 aromatic heterocycles. The largest absolute Gasteiger partial charge is 0.489 e. The maximum atomic E-state index is 13.4. The first-order valence-electron chi connectivity index (χ1n) is 13.6. The molecule has 2 aliphatic heterocycles. The second-order valence-electron chi connectivity index (χ2n) is 10.7. The number of hydrogen-bond acceptors (Lipinski definition) is 5. The lowest BCUT2D eigenvalue weighted by molar-refractivity contribution is -0.126. The van der Waals surface area contributed by atoms with Crippen molar-refractivity contribution >= 4 is 34.8 Å². The van der Waals surface area contributed by atoms with Gasteiger partial charge in [-0.15, -0.1) is 0 Å². The number of nitrogens with one attached hydrogen (secondary N) is 1. The molecular weight excluding hydrogens is 509 g/mol. The SMILES string of the molecule is O=C(N[C@H](CN1CCCC1)C(O)c1ccc(OC2CCCC2)c(Cl)c1)C1CCN(c2ccc(Cl)cc2)C1. The highest BCUT2D eigenvalue weighted by atomic mass is 35.5. The molecule has 3 atom stereocenters. The number of halogens is 2. The zero-order chi connectivity index (χ0) is 25.8. The van der Waals surface area contributed by atoms with Crippen molar-refractivity contribution in [2.75, 3.05) is 37.6 Å². The minimum atomic E-state index is -0.864. The fraction of sp³-hybridized carbons (Fsp3) is 0.552. The Morgan fingerprint density at radius 3 is 2.43 bits per heavy atom. The first kappa shape index (κ1) is 26.6. The molecule has 200 valence electrons. The van der Waals surface area contributed by atoms with E-state index in [9.17, 15) is 9.90 Å². The van der Waals surface area contributed by atoms with Gasteiger partial charge in [-0.1, -0.05) is 29.3 Å². The van der Waals surface area contributed by atoms with Crippen LogP contribution >= 0.6 is 23.2 Å². The molecule has 0 radical (unpaired) electrons. The number of benzene rings is 2. The monoisotopic (exact) mass is 545 g/mol.